The summed E-state index contributed by atoms with van der Waals surface area (Å²) in [7, 11) is 1.50. The molecule has 0 aliphatic heterocycles. The highest BCUT2D eigenvalue weighted by molar-refractivity contribution is 6.48. The average molecular weight is 252 g/mol. The number of hydrogen-bond acceptors (Lipinski definition) is 4. The van der Waals surface area contributed by atoms with Gasteiger partial charge < -0.3 is 9.68 Å². The third kappa shape index (κ3) is 6.68. The zero-order chi connectivity index (χ0) is 14.6. The van der Waals surface area contributed by atoms with Crippen LogP contribution < -0.4 is 0 Å². The van der Waals surface area contributed by atoms with Crippen LogP contribution in [0.2, 0.25) is 0 Å². The Morgan fingerprint density at radius 3 is 2.11 bits per heavy atom. The maximum Gasteiger partial charge on any atom is 0.134 e. The van der Waals surface area contributed by atoms with Gasteiger partial charge in [0.2, 0.25) is 0 Å². The van der Waals surface area contributed by atoms with Gasteiger partial charge >= 0.3 is 0 Å². The van der Waals surface area contributed by atoms with E-state index in [4.69, 9.17) is 9.68 Å². The Bertz CT molecular complexity index is 342. The molecule has 0 spiro atoms. The van der Waals surface area contributed by atoms with Gasteiger partial charge in [0, 0.05) is 5.57 Å². The molecule has 102 valence electrons. The van der Waals surface area contributed by atoms with Crippen LogP contribution in [0.25, 0.3) is 0 Å². The van der Waals surface area contributed by atoms with Crippen molar-refractivity contribution in [2.45, 2.75) is 27.7 Å². The van der Waals surface area contributed by atoms with Crippen LogP contribution in [0.15, 0.2) is 47.3 Å². The largest absolute Gasteiger partial charge is 0.399 e. The van der Waals surface area contributed by atoms with Crippen LogP contribution >= 0.6 is 0 Å². The molecule has 0 aromatic rings. The minimum absolute atomic E-state index is 0.524. The summed E-state index contributed by atoms with van der Waals surface area (Å²) in [6.07, 6.45) is 1.92. The first-order valence-corrected chi connectivity index (χ1v) is 5.69. The smallest absolute Gasteiger partial charge is 0.134 e. The van der Waals surface area contributed by atoms with E-state index in [0.29, 0.717) is 18.0 Å². The van der Waals surface area contributed by atoms with Crippen LogP contribution in [0.3, 0.4) is 0 Å². The van der Waals surface area contributed by atoms with Crippen LogP contribution in [-0.2, 0) is 9.68 Å². The fraction of sp³-hybridized carbons (Fsp3) is 0.429. The molecule has 0 aromatic heterocycles. The Labute approximate surface area is 110 Å². The molecule has 0 fully saturated rings. The summed E-state index contributed by atoms with van der Waals surface area (Å²) in [6.45, 7) is 17.9. The predicted molar refractivity (Wildman–Crippen MR) is 79.0 cm³/mol. The number of allylic oxidation sites excluding steroid dienone is 3. The van der Waals surface area contributed by atoms with Gasteiger partial charge in [-0.3, -0.25) is 0 Å². The minimum atomic E-state index is 0.524. The molecule has 0 radical (unpaired) electrons. The van der Waals surface area contributed by atoms with E-state index in [1.807, 2.05) is 33.8 Å². The summed E-state index contributed by atoms with van der Waals surface area (Å²) >= 11 is 0. The molecule has 0 unspecified atom stereocenters. The van der Waals surface area contributed by atoms with Gasteiger partial charge in [-0.05, 0) is 33.3 Å². The van der Waals surface area contributed by atoms with Crippen molar-refractivity contribution in [3.8, 4) is 0 Å². The Kier molecular flexibility index (Phi) is 12.0. The minimum Gasteiger partial charge on any atom is -0.399 e. The van der Waals surface area contributed by atoms with E-state index in [1.54, 1.807) is 0 Å². The fourth-order valence-corrected chi connectivity index (χ4v) is 1.19. The molecule has 4 nitrogen and oxygen atoms in total. The van der Waals surface area contributed by atoms with E-state index in [9.17, 15) is 0 Å². The topological polar surface area (TPSA) is 43.2 Å². The first kappa shape index (κ1) is 18.5. The Hall–Kier alpha value is -1.84. The highest BCUT2D eigenvalue weighted by Crippen LogP contribution is 2.11. The van der Waals surface area contributed by atoms with Crippen LogP contribution in [0.1, 0.15) is 27.7 Å². The second kappa shape index (κ2) is 11.6. The van der Waals surface area contributed by atoms with Gasteiger partial charge in [-0.1, -0.05) is 23.0 Å². The molecule has 0 aliphatic rings. The number of hydrogen-bond donors (Lipinski definition) is 0. The monoisotopic (exact) mass is 252 g/mol. The van der Waals surface area contributed by atoms with E-state index < -0.39 is 0 Å². The fourth-order valence-electron chi connectivity index (χ4n) is 1.19. The highest BCUT2D eigenvalue weighted by atomic mass is 16.6. The lowest BCUT2D eigenvalue weighted by Crippen LogP contribution is -2.15. The second-order valence-corrected chi connectivity index (χ2v) is 3.20. The molecule has 0 aromatic carbocycles. The van der Waals surface area contributed by atoms with E-state index in [-0.39, 0.29) is 0 Å². The van der Waals surface area contributed by atoms with Gasteiger partial charge in [0.1, 0.15) is 25.1 Å². The molecular weight excluding hydrogens is 228 g/mol. The number of nitrogens with zero attached hydrogens (tertiary/aromatic N) is 2. The van der Waals surface area contributed by atoms with Gasteiger partial charge in [0.25, 0.3) is 0 Å². The summed E-state index contributed by atoms with van der Waals surface area (Å²) in [5.41, 5.74) is 3.12. The first-order valence-electron chi connectivity index (χ1n) is 5.69. The molecule has 0 heterocycles. The van der Waals surface area contributed by atoms with Gasteiger partial charge in [-0.2, -0.15) is 0 Å². The van der Waals surface area contributed by atoms with Crippen molar-refractivity contribution in [1.82, 2.24) is 0 Å². The van der Waals surface area contributed by atoms with Gasteiger partial charge in [0.15, 0.2) is 0 Å². The van der Waals surface area contributed by atoms with E-state index >= 15 is 0 Å². The molecule has 0 rings (SSSR count). The van der Waals surface area contributed by atoms with Crippen LogP contribution in [0.5, 0.6) is 0 Å². The van der Waals surface area contributed by atoms with E-state index in [1.165, 1.54) is 7.11 Å². The summed E-state index contributed by atoms with van der Waals surface area (Å²) in [5, 5.41) is 7.88. The van der Waals surface area contributed by atoms with Crippen molar-refractivity contribution < 1.29 is 9.68 Å². The standard InChI is InChI=1S/C12H20N2O2.C2H4/c1-7-11(9(3)4)12(14-15-6)10(5)13-16-8-2;1-2/h7H,3,8H2,1-2,4-6H3;1-2H2/b11-7+,13-10+,14-12-;. The Morgan fingerprint density at radius 2 is 1.78 bits per heavy atom. The highest BCUT2D eigenvalue weighted by Gasteiger charge is 2.12. The maximum atomic E-state index is 4.99. The van der Waals surface area contributed by atoms with Crippen LogP contribution in [-0.4, -0.2) is 25.1 Å². The Balaban J connectivity index is 0. The number of rotatable bonds is 6. The summed E-state index contributed by atoms with van der Waals surface area (Å²) < 4.78 is 0. The van der Waals surface area contributed by atoms with Crippen molar-refractivity contribution in [1.29, 1.82) is 0 Å². The molecule has 0 N–H and O–H groups in total. The quantitative estimate of drug-likeness (QED) is 0.313. The van der Waals surface area contributed by atoms with Crippen LogP contribution in [0, 0.1) is 0 Å². The second-order valence-electron chi connectivity index (χ2n) is 3.20. The third-order valence-electron chi connectivity index (χ3n) is 1.86. The lowest BCUT2D eigenvalue weighted by molar-refractivity contribution is 0.159. The maximum absolute atomic E-state index is 4.99. The first-order chi connectivity index (χ1) is 8.58. The predicted octanol–water partition coefficient (Wildman–Crippen LogP) is 3.73. The molecule has 0 saturated carbocycles. The summed E-state index contributed by atoms with van der Waals surface area (Å²) in [5.74, 6) is 0. The van der Waals surface area contributed by atoms with Crippen molar-refractivity contribution in [2.24, 2.45) is 10.3 Å². The van der Waals surface area contributed by atoms with Crippen molar-refractivity contribution in [2.75, 3.05) is 13.7 Å². The lowest BCUT2D eigenvalue weighted by atomic mass is 10.0. The molecule has 4 heteroatoms. The van der Waals surface area contributed by atoms with E-state index in [2.05, 4.69) is 30.0 Å². The van der Waals surface area contributed by atoms with Crippen molar-refractivity contribution in [3.05, 3.63) is 37.0 Å². The molecular formula is C14H24N2O2. The zero-order valence-electron chi connectivity index (χ0n) is 12.1. The van der Waals surface area contributed by atoms with Gasteiger partial charge in [-0.25, -0.2) is 0 Å². The molecule has 0 saturated heterocycles. The zero-order valence-corrected chi connectivity index (χ0v) is 12.1. The number of oxime groups is 2. The normalized spacial score (nSPS) is 12.4. The Morgan fingerprint density at radius 1 is 1.22 bits per heavy atom. The third-order valence-corrected chi connectivity index (χ3v) is 1.86. The average Bonchev–Trinajstić information content (AvgIpc) is 2.37. The summed E-state index contributed by atoms with van der Waals surface area (Å²) in [6, 6.07) is 0. The van der Waals surface area contributed by atoms with Crippen molar-refractivity contribution >= 4 is 11.4 Å². The molecule has 0 amide bonds. The van der Waals surface area contributed by atoms with Crippen LogP contribution in [0.4, 0.5) is 0 Å². The molecule has 18 heavy (non-hydrogen) atoms. The van der Waals surface area contributed by atoms with E-state index in [0.717, 1.165) is 11.1 Å². The lowest BCUT2D eigenvalue weighted by Gasteiger charge is -2.09. The molecule has 0 atom stereocenters. The summed E-state index contributed by atoms with van der Waals surface area (Å²) in [4.78, 5) is 9.80. The van der Waals surface area contributed by atoms with Gasteiger partial charge in [0.05, 0.1) is 0 Å². The molecule has 0 bridgehead atoms. The SMILES string of the molecule is C=C.C=C(C)C(=C\C)/C(=N\OC)C(/C)=N/OCC. The van der Waals surface area contributed by atoms with Crippen molar-refractivity contribution in [3.63, 3.8) is 0 Å². The molecule has 0 aliphatic carbocycles. The van der Waals surface area contributed by atoms with Gasteiger partial charge in [-0.15, -0.1) is 13.2 Å².